The summed E-state index contributed by atoms with van der Waals surface area (Å²) in [6, 6.07) is 8.27. The lowest BCUT2D eigenvalue weighted by Gasteiger charge is -2.28. The van der Waals surface area contributed by atoms with Crippen molar-refractivity contribution in [1.82, 2.24) is 15.5 Å². The first-order valence-corrected chi connectivity index (χ1v) is 9.57. The van der Waals surface area contributed by atoms with Gasteiger partial charge in [0.05, 0.1) is 6.04 Å². The van der Waals surface area contributed by atoms with Gasteiger partial charge in [-0.15, -0.1) is 0 Å². The van der Waals surface area contributed by atoms with Crippen molar-refractivity contribution in [3.8, 4) is 0 Å². The topological polar surface area (TPSA) is 44.4 Å². The molecule has 2 aliphatic heterocycles. The summed E-state index contributed by atoms with van der Waals surface area (Å²) in [5.41, 5.74) is 1.20. The number of benzene rings is 1. The van der Waals surface area contributed by atoms with Crippen LogP contribution in [-0.2, 0) is 4.79 Å². The van der Waals surface area contributed by atoms with E-state index in [0.29, 0.717) is 18.9 Å². The number of likely N-dealkylation sites (tertiary alicyclic amines) is 1. The highest BCUT2D eigenvalue weighted by atomic mass is 35.5. The zero-order chi connectivity index (χ0) is 16.8. The van der Waals surface area contributed by atoms with Gasteiger partial charge in [-0.1, -0.05) is 23.7 Å². The Bertz CT molecular complexity index is 539. The second kappa shape index (κ2) is 8.84. The van der Waals surface area contributed by atoms with Crippen molar-refractivity contribution in [3.05, 3.63) is 34.9 Å². The smallest absolute Gasteiger partial charge is 0.220 e. The van der Waals surface area contributed by atoms with Crippen molar-refractivity contribution < 1.29 is 4.79 Å². The molecule has 1 aromatic rings. The molecule has 2 aliphatic rings. The van der Waals surface area contributed by atoms with E-state index in [0.717, 1.165) is 37.6 Å². The normalized spacial score (nSPS) is 22.6. The van der Waals surface area contributed by atoms with E-state index < -0.39 is 0 Å². The summed E-state index contributed by atoms with van der Waals surface area (Å²) in [7, 11) is 0. The van der Waals surface area contributed by atoms with Gasteiger partial charge in [0.15, 0.2) is 0 Å². The molecule has 0 bridgehead atoms. The molecule has 1 amide bonds. The largest absolute Gasteiger partial charge is 0.354 e. The molecule has 0 saturated carbocycles. The van der Waals surface area contributed by atoms with E-state index in [1.165, 1.54) is 24.8 Å². The minimum absolute atomic E-state index is 0.174. The maximum absolute atomic E-state index is 12.2. The van der Waals surface area contributed by atoms with Gasteiger partial charge in [0.1, 0.15) is 0 Å². The monoisotopic (exact) mass is 349 g/mol. The van der Waals surface area contributed by atoms with E-state index >= 15 is 0 Å². The van der Waals surface area contributed by atoms with E-state index in [2.05, 4.69) is 21.6 Å². The van der Waals surface area contributed by atoms with Gasteiger partial charge in [-0.25, -0.2) is 0 Å². The molecule has 2 N–H and O–H groups in total. The van der Waals surface area contributed by atoms with Crippen LogP contribution in [0.15, 0.2) is 24.3 Å². The highest BCUT2D eigenvalue weighted by Gasteiger charge is 2.24. The molecule has 1 aromatic carbocycles. The van der Waals surface area contributed by atoms with Gasteiger partial charge in [0.25, 0.3) is 0 Å². The van der Waals surface area contributed by atoms with Gasteiger partial charge in [-0.2, -0.15) is 0 Å². The molecule has 4 nitrogen and oxygen atoms in total. The minimum Gasteiger partial charge on any atom is -0.354 e. The Balaban J connectivity index is 1.54. The zero-order valence-electron chi connectivity index (χ0n) is 14.3. The van der Waals surface area contributed by atoms with Crippen molar-refractivity contribution in [1.29, 1.82) is 0 Å². The second-order valence-electron chi connectivity index (χ2n) is 7.02. The number of rotatable bonds is 7. The Hall–Kier alpha value is -1.10. The summed E-state index contributed by atoms with van der Waals surface area (Å²) in [4.78, 5) is 14.7. The standard InChI is InChI=1S/C19H28ClN3O/c20-17-5-3-4-16(12-17)18(23-10-1-2-11-23)14-22-19(24)7-6-15-8-9-21-13-15/h3-5,12,15,18,21H,1-2,6-11,13-14H2,(H,22,24). The van der Waals surface area contributed by atoms with Crippen LogP contribution in [-0.4, -0.2) is 43.5 Å². The van der Waals surface area contributed by atoms with Crippen LogP contribution >= 0.6 is 11.6 Å². The molecule has 5 heteroatoms. The van der Waals surface area contributed by atoms with Crippen molar-refractivity contribution in [3.63, 3.8) is 0 Å². The number of nitrogens with one attached hydrogen (secondary N) is 2. The van der Waals surface area contributed by atoms with Crippen LogP contribution in [0.4, 0.5) is 0 Å². The summed E-state index contributed by atoms with van der Waals surface area (Å²) in [6.07, 6.45) is 5.30. The Morgan fingerprint density at radius 2 is 2.21 bits per heavy atom. The third-order valence-electron chi connectivity index (χ3n) is 5.25. The predicted molar refractivity (Wildman–Crippen MR) is 98.2 cm³/mol. The van der Waals surface area contributed by atoms with Gasteiger partial charge in [-0.3, -0.25) is 9.69 Å². The maximum Gasteiger partial charge on any atom is 0.220 e. The van der Waals surface area contributed by atoms with Crippen LogP contribution in [0.1, 0.15) is 43.7 Å². The Morgan fingerprint density at radius 3 is 2.92 bits per heavy atom. The molecule has 0 aromatic heterocycles. The summed E-state index contributed by atoms with van der Waals surface area (Å²) in [5, 5.41) is 7.28. The van der Waals surface area contributed by atoms with Crippen molar-refractivity contribution >= 4 is 17.5 Å². The molecule has 24 heavy (non-hydrogen) atoms. The lowest BCUT2D eigenvalue weighted by Crippen LogP contribution is -2.36. The molecule has 0 aliphatic carbocycles. The highest BCUT2D eigenvalue weighted by Crippen LogP contribution is 2.26. The van der Waals surface area contributed by atoms with Crippen LogP contribution in [0.3, 0.4) is 0 Å². The minimum atomic E-state index is 0.174. The molecule has 2 unspecified atom stereocenters. The number of halogens is 1. The van der Waals surface area contributed by atoms with E-state index in [-0.39, 0.29) is 11.9 Å². The van der Waals surface area contributed by atoms with E-state index in [9.17, 15) is 4.79 Å². The third kappa shape index (κ3) is 4.95. The van der Waals surface area contributed by atoms with Crippen molar-refractivity contribution in [2.75, 3.05) is 32.7 Å². The molecule has 0 radical (unpaired) electrons. The highest BCUT2D eigenvalue weighted by molar-refractivity contribution is 6.30. The summed E-state index contributed by atoms with van der Waals surface area (Å²) < 4.78 is 0. The summed E-state index contributed by atoms with van der Waals surface area (Å²) in [5.74, 6) is 0.839. The fourth-order valence-corrected chi connectivity index (χ4v) is 4.02. The molecule has 2 fully saturated rings. The molecular formula is C19H28ClN3O. The lowest BCUT2D eigenvalue weighted by atomic mass is 10.0. The lowest BCUT2D eigenvalue weighted by molar-refractivity contribution is -0.121. The van der Waals surface area contributed by atoms with Crippen LogP contribution in [0, 0.1) is 5.92 Å². The zero-order valence-corrected chi connectivity index (χ0v) is 15.0. The Kier molecular flexibility index (Phi) is 6.52. The van der Waals surface area contributed by atoms with Gasteiger partial charge >= 0.3 is 0 Å². The number of carbonyl (C=O) groups is 1. The molecule has 2 saturated heterocycles. The fraction of sp³-hybridized carbons (Fsp3) is 0.632. The molecule has 0 spiro atoms. The van der Waals surface area contributed by atoms with Crippen molar-refractivity contribution in [2.24, 2.45) is 5.92 Å². The first kappa shape index (κ1) is 17.7. The van der Waals surface area contributed by atoms with E-state index in [1.54, 1.807) is 0 Å². The predicted octanol–water partition coefficient (Wildman–Crippen LogP) is 2.98. The van der Waals surface area contributed by atoms with E-state index in [4.69, 9.17) is 11.6 Å². The molecule has 2 atom stereocenters. The van der Waals surface area contributed by atoms with Gasteiger partial charge < -0.3 is 10.6 Å². The first-order chi connectivity index (χ1) is 11.7. The molecule has 2 heterocycles. The van der Waals surface area contributed by atoms with Gasteiger partial charge in [-0.05, 0) is 75.5 Å². The first-order valence-electron chi connectivity index (χ1n) is 9.19. The van der Waals surface area contributed by atoms with E-state index in [1.807, 2.05) is 18.2 Å². The fourth-order valence-electron chi connectivity index (χ4n) is 3.82. The van der Waals surface area contributed by atoms with Gasteiger partial charge in [0, 0.05) is 18.0 Å². The Labute approximate surface area is 149 Å². The molecule has 132 valence electrons. The van der Waals surface area contributed by atoms with Crippen LogP contribution in [0.2, 0.25) is 5.02 Å². The van der Waals surface area contributed by atoms with Crippen molar-refractivity contribution in [2.45, 2.75) is 38.1 Å². The quantitative estimate of drug-likeness (QED) is 0.795. The van der Waals surface area contributed by atoms with Crippen LogP contribution in [0.5, 0.6) is 0 Å². The Morgan fingerprint density at radius 1 is 1.38 bits per heavy atom. The number of amides is 1. The summed E-state index contributed by atoms with van der Waals surface area (Å²) in [6.45, 7) is 5.02. The van der Waals surface area contributed by atoms with Crippen LogP contribution < -0.4 is 10.6 Å². The average molecular weight is 350 g/mol. The van der Waals surface area contributed by atoms with Gasteiger partial charge in [0.2, 0.25) is 5.91 Å². The second-order valence-corrected chi connectivity index (χ2v) is 7.45. The van der Waals surface area contributed by atoms with Crippen LogP contribution in [0.25, 0.3) is 0 Å². The molecular weight excluding hydrogens is 322 g/mol. The summed E-state index contributed by atoms with van der Waals surface area (Å²) >= 11 is 6.17. The maximum atomic E-state index is 12.2. The number of hydrogen-bond acceptors (Lipinski definition) is 3. The average Bonchev–Trinajstić information content (AvgIpc) is 3.27. The number of carbonyl (C=O) groups excluding carboxylic acids is 1. The SMILES string of the molecule is O=C(CCC1CCNC1)NCC(c1cccc(Cl)c1)N1CCCC1. The third-order valence-corrected chi connectivity index (χ3v) is 5.48. The number of nitrogens with zero attached hydrogens (tertiary/aromatic N) is 1. The molecule has 3 rings (SSSR count). The number of hydrogen-bond donors (Lipinski definition) is 2.